The first-order valence-electron chi connectivity index (χ1n) is 8.16. The lowest BCUT2D eigenvalue weighted by Gasteiger charge is -2.09. The van der Waals surface area contributed by atoms with Crippen LogP contribution in [-0.2, 0) is 0 Å². The quantitative estimate of drug-likeness (QED) is 0.665. The second-order valence-electron chi connectivity index (χ2n) is 6.10. The SMILES string of the molecule is CN(C)CCCNC(=O)c1c[nH]n2c(=O)cc(-c3ccccc3)nc12. The summed E-state index contributed by atoms with van der Waals surface area (Å²) in [6.45, 7) is 1.46. The number of nitrogens with zero attached hydrogens (tertiary/aromatic N) is 3. The predicted octanol–water partition coefficient (Wildman–Crippen LogP) is 1.37. The zero-order chi connectivity index (χ0) is 17.8. The van der Waals surface area contributed by atoms with Gasteiger partial charge in [0.1, 0.15) is 5.56 Å². The molecule has 130 valence electrons. The minimum absolute atomic E-state index is 0.241. The maximum atomic E-state index is 12.4. The molecule has 2 heterocycles. The summed E-state index contributed by atoms with van der Waals surface area (Å²) in [5, 5.41) is 5.67. The second-order valence-corrected chi connectivity index (χ2v) is 6.10. The van der Waals surface area contributed by atoms with Gasteiger partial charge in [0.2, 0.25) is 0 Å². The minimum Gasteiger partial charge on any atom is -0.352 e. The van der Waals surface area contributed by atoms with E-state index < -0.39 is 0 Å². The molecule has 2 N–H and O–H groups in total. The Morgan fingerprint density at radius 1 is 1.28 bits per heavy atom. The van der Waals surface area contributed by atoms with Crippen molar-refractivity contribution in [3.05, 3.63) is 58.5 Å². The summed E-state index contributed by atoms with van der Waals surface area (Å²) in [7, 11) is 3.98. The lowest BCUT2D eigenvalue weighted by molar-refractivity contribution is 0.0953. The van der Waals surface area contributed by atoms with Crippen molar-refractivity contribution in [2.75, 3.05) is 27.2 Å². The first-order valence-corrected chi connectivity index (χ1v) is 8.16. The third kappa shape index (κ3) is 3.77. The highest BCUT2D eigenvalue weighted by molar-refractivity contribution is 5.99. The maximum Gasteiger partial charge on any atom is 0.273 e. The fourth-order valence-electron chi connectivity index (χ4n) is 2.60. The molecule has 3 rings (SSSR count). The van der Waals surface area contributed by atoms with E-state index in [4.69, 9.17) is 0 Å². The van der Waals surface area contributed by atoms with E-state index in [1.165, 1.54) is 16.8 Å². The van der Waals surface area contributed by atoms with Gasteiger partial charge in [-0.15, -0.1) is 0 Å². The van der Waals surface area contributed by atoms with Crippen molar-refractivity contribution < 1.29 is 4.79 Å². The third-order valence-electron chi connectivity index (χ3n) is 3.88. The molecule has 0 unspecified atom stereocenters. The molecule has 25 heavy (non-hydrogen) atoms. The van der Waals surface area contributed by atoms with Gasteiger partial charge >= 0.3 is 0 Å². The van der Waals surface area contributed by atoms with Crippen LogP contribution in [0.4, 0.5) is 0 Å². The van der Waals surface area contributed by atoms with Gasteiger partial charge in [0.15, 0.2) is 5.65 Å². The Kier molecular flexibility index (Phi) is 4.95. The summed E-state index contributed by atoms with van der Waals surface area (Å²) in [6, 6.07) is 10.9. The number of hydrogen-bond donors (Lipinski definition) is 2. The van der Waals surface area contributed by atoms with Crippen molar-refractivity contribution in [2.45, 2.75) is 6.42 Å². The number of carbonyl (C=O) groups is 1. The van der Waals surface area contributed by atoms with Crippen molar-refractivity contribution >= 4 is 11.6 Å². The second kappa shape index (κ2) is 7.31. The van der Waals surface area contributed by atoms with E-state index in [1.807, 2.05) is 44.4 Å². The first-order chi connectivity index (χ1) is 12.1. The smallest absolute Gasteiger partial charge is 0.273 e. The monoisotopic (exact) mass is 339 g/mol. The predicted molar refractivity (Wildman–Crippen MR) is 96.8 cm³/mol. The van der Waals surface area contributed by atoms with Crippen LogP contribution in [0, 0.1) is 0 Å². The van der Waals surface area contributed by atoms with Crippen LogP contribution in [0.15, 0.2) is 47.4 Å². The summed E-state index contributed by atoms with van der Waals surface area (Å²) in [4.78, 5) is 31.3. The van der Waals surface area contributed by atoms with Gasteiger partial charge in [-0.25, -0.2) is 9.50 Å². The zero-order valence-corrected chi connectivity index (χ0v) is 14.3. The maximum absolute atomic E-state index is 12.4. The first kappa shape index (κ1) is 16.9. The molecule has 0 bridgehead atoms. The molecule has 0 aliphatic heterocycles. The van der Waals surface area contributed by atoms with E-state index in [0.29, 0.717) is 23.4 Å². The van der Waals surface area contributed by atoms with Crippen LogP contribution in [0.3, 0.4) is 0 Å². The zero-order valence-electron chi connectivity index (χ0n) is 14.3. The van der Waals surface area contributed by atoms with Crippen molar-refractivity contribution in [3.63, 3.8) is 0 Å². The summed E-state index contributed by atoms with van der Waals surface area (Å²) in [6.07, 6.45) is 2.36. The number of fused-ring (bicyclic) bond motifs is 1. The Balaban J connectivity index is 1.88. The average Bonchev–Trinajstić information content (AvgIpc) is 3.04. The Morgan fingerprint density at radius 2 is 2.04 bits per heavy atom. The Morgan fingerprint density at radius 3 is 2.76 bits per heavy atom. The normalized spacial score (nSPS) is 11.2. The minimum atomic E-state index is -0.254. The average molecular weight is 339 g/mol. The summed E-state index contributed by atoms with van der Waals surface area (Å²) < 4.78 is 1.28. The Labute approximate surface area is 145 Å². The number of carbonyl (C=O) groups excluding carboxylic acids is 1. The highest BCUT2D eigenvalue weighted by atomic mass is 16.2. The summed E-state index contributed by atoms with van der Waals surface area (Å²) in [5.74, 6) is -0.241. The lowest BCUT2D eigenvalue weighted by atomic mass is 10.1. The number of hydrogen-bond acceptors (Lipinski definition) is 4. The van der Waals surface area contributed by atoms with Crippen LogP contribution in [0.5, 0.6) is 0 Å². The number of H-pyrrole nitrogens is 1. The molecule has 0 radical (unpaired) electrons. The van der Waals surface area contributed by atoms with Crippen molar-refractivity contribution in [1.29, 1.82) is 0 Å². The molecule has 0 saturated carbocycles. The molecular formula is C18H21N5O2. The van der Waals surface area contributed by atoms with Crippen LogP contribution in [-0.4, -0.2) is 52.6 Å². The van der Waals surface area contributed by atoms with Gasteiger partial charge in [0.25, 0.3) is 11.5 Å². The van der Waals surface area contributed by atoms with Crippen LogP contribution >= 0.6 is 0 Å². The molecule has 0 saturated heterocycles. The number of benzene rings is 1. The van der Waals surface area contributed by atoms with E-state index in [-0.39, 0.29) is 11.5 Å². The molecule has 0 spiro atoms. The van der Waals surface area contributed by atoms with Crippen LogP contribution in [0.1, 0.15) is 16.8 Å². The Hall–Kier alpha value is -2.93. The van der Waals surface area contributed by atoms with E-state index in [2.05, 4.69) is 20.3 Å². The van der Waals surface area contributed by atoms with Gasteiger partial charge in [-0.3, -0.25) is 14.7 Å². The van der Waals surface area contributed by atoms with Crippen LogP contribution in [0.2, 0.25) is 0 Å². The third-order valence-corrected chi connectivity index (χ3v) is 3.88. The largest absolute Gasteiger partial charge is 0.352 e. The van der Waals surface area contributed by atoms with Crippen molar-refractivity contribution in [3.8, 4) is 11.3 Å². The fourth-order valence-corrected chi connectivity index (χ4v) is 2.60. The highest BCUT2D eigenvalue weighted by Gasteiger charge is 2.15. The molecule has 3 aromatic rings. The summed E-state index contributed by atoms with van der Waals surface area (Å²) in [5.41, 5.74) is 1.82. The summed E-state index contributed by atoms with van der Waals surface area (Å²) >= 11 is 0. The number of aromatic amines is 1. The Bertz CT molecular complexity index is 928. The van der Waals surface area contributed by atoms with Gasteiger partial charge in [0.05, 0.1) is 5.69 Å². The number of aromatic nitrogens is 3. The van der Waals surface area contributed by atoms with Gasteiger partial charge in [0, 0.05) is 24.4 Å². The molecular weight excluding hydrogens is 318 g/mol. The lowest BCUT2D eigenvalue weighted by Crippen LogP contribution is -2.27. The fraction of sp³-hybridized carbons (Fsp3) is 0.278. The molecule has 0 fully saturated rings. The van der Waals surface area contributed by atoms with Gasteiger partial charge in [-0.05, 0) is 27.1 Å². The molecule has 0 aliphatic carbocycles. The van der Waals surface area contributed by atoms with Crippen LogP contribution in [0.25, 0.3) is 16.9 Å². The van der Waals surface area contributed by atoms with E-state index in [1.54, 1.807) is 0 Å². The number of nitrogens with one attached hydrogen (secondary N) is 2. The van der Waals surface area contributed by atoms with E-state index >= 15 is 0 Å². The highest BCUT2D eigenvalue weighted by Crippen LogP contribution is 2.16. The number of rotatable bonds is 6. The molecule has 0 atom stereocenters. The van der Waals surface area contributed by atoms with E-state index in [0.717, 1.165) is 18.5 Å². The molecule has 1 aromatic carbocycles. The molecule has 1 amide bonds. The number of amides is 1. The van der Waals surface area contributed by atoms with Crippen LogP contribution < -0.4 is 10.9 Å². The topological polar surface area (TPSA) is 82.5 Å². The van der Waals surface area contributed by atoms with Gasteiger partial charge < -0.3 is 10.2 Å². The molecule has 0 aliphatic rings. The molecule has 7 nitrogen and oxygen atoms in total. The molecule has 2 aromatic heterocycles. The van der Waals surface area contributed by atoms with Gasteiger partial charge in [-0.1, -0.05) is 30.3 Å². The standard InChI is InChI=1S/C18H21N5O2/c1-22(2)10-6-9-19-18(25)14-12-20-23-16(24)11-15(21-17(14)23)13-7-4-3-5-8-13/h3-5,7-8,11-12,20H,6,9-10H2,1-2H3,(H,19,25). The van der Waals surface area contributed by atoms with Gasteiger partial charge in [-0.2, -0.15) is 0 Å². The van der Waals surface area contributed by atoms with E-state index in [9.17, 15) is 9.59 Å². The van der Waals surface area contributed by atoms with Crippen molar-refractivity contribution in [2.24, 2.45) is 0 Å². The molecule has 7 heteroatoms. The van der Waals surface area contributed by atoms with Crippen molar-refractivity contribution in [1.82, 2.24) is 24.8 Å².